The van der Waals surface area contributed by atoms with Gasteiger partial charge in [-0.15, -0.1) is 0 Å². The summed E-state index contributed by atoms with van der Waals surface area (Å²) in [4.78, 5) is 24.4. The van der Waals surface area contributed by atoms with Crippen LogP contribution in [0.25, 0.3) is 0 Å². The number of H-pyrrole nitrogens is 1. The Morgan fingerprint density at radius 3 is 2.85 bits per heavy atom. The molecule has 1 rings (SSSR count). The topological polar surface area (TPSA) is 62.0 Å². The van der Waals surface area contributed by atoms with Crippen LogP contribution in [0.4, 0.5) is 0 Å². The third kappa shape index (κ3) is 2.74. The van der Waals surface area contributed by atoms with Crippen molar-refractivity contribution in [2.45, 2.75) is 13.3 Å². The van der Waals surface area contributed by atoms with Gasteiger partial charge in [-0.25, -0.2) is 0 Å². The second kappa shape index (κ2) is 4.45. The standard InChI is InChI=1S/C9H12N2O2/c1-2-5-10-9(13)7-3-4-8(12)11-6-7/h3-4,6H,2,5H2,1H3,(H,10,13)(H,11,12). The maximum atomic E-state index is 11.3. The summed E-state index contributed by atoms with van der Waals surface area (Å²) < 4.78 is 0. The number of pyridine rings is 1. The summed E-state index contributed by atoms with van der Waals surface area (Å²) in [6.45, 7) is 2.63. The van der Waals surface area contributed by atoms with Crippen LogP contribution in [0, 0.1) is 0 Å². The molecule has 0 spiro atoms. The van der Waals surface area contributed by atoms with Gasteiger partial charge < -0.3 is 10.3 Å². The molecule has 1 heterocycles. The van der Waals surface area contributed by atoms with Crippen LogP contribution in [0.15, 0.2) is 23.1 Å². The maximum absolute atomic E-state index is 11.3. The number of aromatic nitrogens is 1. The normalized spacial score (nSPS) is 9.62. The van der Waals surface area contributed by atoms with Crippen molar-refractivity contribution in [2.75, 3.05) is 6.54 Å². The average Bonchev–Trinajstić information content (AvgIpc) is 2.15. The van der Waals surface area contributed by atoms with Gasteiger partial charge >= 0.3 is 0 Å². The Morgan fingerprint density at radius 1 is 1.54 bits per heavy atom. The lowest BCUT2D eigenvalue weighted by atomic mass is 10.2. The van der Waals surface area contributed by atoms with Gasteiger partial charge in [-0.3, -0.25) is 9.59 Å². The van der Waals surface area contributed by atoms with Crippen LogP contribution in [0.1, 0.15) is 23.7 Å². The first kappa shape index (κ1) is 9.51. The van der Waals surface area contributed by atoms with E-state index in [4.69, 9.17) is 0 Å². The molecule has 4 nitrogen and oxygen atoms in total. The summed E-state index contributed by atoms with van der Waals surface area (Å²) >= 11 is 0. The summed E-state index contributed by atoms with van der Waals surface area (Å²) in [5.74, 6) is -0.155. The molecule has 0 atom stereocenters. The summed E-state index contributed by atoms with van der Waals surface area (Å²) in [6.07, 6.45) is 2.31. The second-order valence-electron chi connectivity index (χ2n) is 2.70. The number of carbonyl (C=O) groups is 1. The molecule has 0 radical (unpaired) electrons. The van der Waals surface area contributed by atoms with E-state index in [1.54, 1.807) is 0 Å². The van der Waals surface area contributed by atoms with E-state index in [0.29, 0.717) is 12.1 Å². The van der Waals surface area contributed by atoms with Crippen LogP contribution in [-0.2, 0) is 0 Å². The van der Waals surface area contributed by atoms with E-state index in [1.165, 1.54) is 18.3 Å². The smallest absolute Gasteiger partial charge is 0.252 e. The lowest BCUT2D eigenvalue weighted by Crippen LogP contribution is -2.24. The molecule has 0 aliphatic carbocycles. The maximum Gasteiger partial charge on any atom is 0.252 e. The van der Waals surface area contributed by atoms with Gasteiger partial charge in [0, 0.05) is 18.8 Å². The Bertz CT molecular complexity index is 323. The van der Waals surface area contributed by atoms with Gasteiger partial charge in [0.15, 0.2) is 0 Å². The van der Waals surface area contributed by atoms with Crippen molar-refractivity contribution >= 4 is 5.91 Å². The molecule has 0 aromatic carbocycles. The Hall–Kier alpha value is -1.58. The van der Waals surface area contributed by atoms with Crippen LogP contribution in [0.2, 0.25) is 0 Å². The highest BCUT2D eigenvalue weighted by atomic mass is 16.1. The summed E-state index contributed by atoms with van der Waals surface area (Å²) in [7, 11) is 0. The van der Waals surface area contributed by atoms with Crippen LogP contribution in [-0.4, -0.2) is 17.4 Å². The number of nitrogens with one attached hydrogen (secondary N) is 2. The number of rotatable bonds is 3. The van der Waals surface area contributed by atoms with E-state index in [1.807, 2.05) is 6.92 Å². The number of hydrogen-bond donors (Lipinski definition) is 2. The van der Waals surface area contributed by atoms with Crippen molar-refractivity contribution in [3.8, 4) is 0 Å². The summed E-state index contributed by atoms with van der Waals surface area (Å²) in [5.41, 5.74) is 0.278. The fourth-order valence-electron chi connectivity index (χ4n) is 0.892. The fourth-order valence-corrected chi connectivity index (χ4v) is 0.892. The zero-order valence-corrected chi connectivity index (χ0v) is 7.46. The number of amides is 1. The lowest BCUT2D eigenvalue weighted by Gasteiger charge is -2.01. The SMILES string of the molecule is CCCNC(=O)c1ccc(=O)[nH]c1. The van der Waals surface area contributed by atoms with Crippen LogP contribution in [0.3, 0.4) is 0 Å². The van der Waals surface area contributed by atoms with Crippen molar-refractivity contribution in [3.05, 3.63) is 34.2 Å². The molecule has 0 aliphatic heterocycles. The Balaban J connectivity index is 2.66. The van der Waals surface area contributed by atoms with Gasteiger partial charge in [0.1, 0.15) is 0 Å². The first-order chi connectivity index (χ1) is 6.24. The van der Waals surface area contributed by atoms with Crippen LogP contribution < -0.4 is 10.9 Å². The van der Waals surface area contributed by atoms with Crippen molar-refractivity contribution < 1.29 is 4.79 Å². The molecule has 0 saturated carbocycles. The molecule has 4 heteroatoms. The van der Waals surface area contributed by atoms with Crippen molar-refractivity contribution in [1.82, 2.24) is 10.3 Å². The second-order valence-corrected chi connectivity index (χ2v) is 2.70. The summed E-state index contributed by atoms with van der Waals surface area (Å²) in [5, 5.41) is 2.71. The van der Waals surface area contributed by atoms with Crippen molar-refractivity contribution in [2.24, 2.45) is 0 Å². The molecule has 13 heavy (non-hydrogen) atoms. The Morgan fingerprint density at radius 2 is 2.31 bits per heavy atom. The highest BCUT2D eigenvalue weighted by Gasteiger charge is 2.02. The van der Waals surface area contributed by atoms with Crippen molar-refractivity contribution in [1.29, 1.82) is 0 Å². The average molecular weight is 180 g/mol. The third-order valence-corrected chi connectivity index (χ3v) is 1.58. The molecule has 1 amide bonds. The largest absolute Gasteiger partial charge is 0.352 e. The minimum absolute atomic E-state index is 0.155. The minimum atomic E-state index is -0.202. The van der Waals surface area contributed by atoms with E-state index >= 15 is 0 Å². The van der Waals surface area contributed by atoms with Gasteiger partial charge in [0.05, 0.1) is 5.56 Å². The van der Waals surface area contributed by atoms with E-state index in [2.05, 4.69) is 10.3 Å². The van der Waals surface area contributed by atoms with Gasteiger partial charge in [0.2, 0.25) is 5.56 Å². The van der Waals surface area contributed by atoms with Crippen molar-refractivity contribution in [3.63, 3.8) is 0 Å². The Kier molecular flexibility index (Phi) is 3.25. The number of hydrogen-bond acceptors (Lipinski definition) is 2. The molecule has 0 aliphatic rings. The molecule has 1 aromatic rings. The minimum Gasteiger partial charge on any atom is -0.352 e. The van der Waals surface area contributed by atoms with Gasteiger partial charge in [0.25, 0.3) is 5.91 Å². The quantitative estimate of drug-likeness (QED) is 0.712. The zero-order chi connectivity index (χ0) is 9.68. The van der Waals surface area contributed by atoms with E-state index in [-0.39, 0.29) is 11.5 Å². The molecular weight excluding hydrogens is 168 g/mol. The Labute approximate surface area is 76.0 Å². The monoisotopic (exact) mass is 180 g/mol. The molecule has 70 valence electrons. The first-order valence-electron chi connectivity index (χ1n) is 4.21. The fraction of sp³-hybridized carbons (Fsp3) is 0.333. The zero-order valence-electron chi connectivity index (χ0n) is 7.46. The van der Waals surface area contributed by atoms with E-state index in [0.717, 1.165) is 6.42 Å². The molecule has 0 saturated heterocycles. The highest BCUT2D eigenvalue weighted by molar-refractivity contribution is 5.93. The van der Waals surface area contributed by atoms with Gasteiger partial charge in [-0.2, -0.15) is 0 Å². The summed E-state index contributed by atoms with van der Waals surface area (Å²) in [6, 6.07) is 2.84. The highest BCUT2D eigenvalue weighted by Crippen LogP contribution is 1.92. The first-order valence-corrected chi connectivity index (χ1v) is 4.21. The van der Waals surface area contributed by atoms with E-state index < -0.39 is 0 Å². The lowest BCUT2D eigenvalue weighted by molar-refractivity contribution is 0.0953. The van der Waals surface area contributed by atoms with E-state index in [9.17, 15) is 9.59 Å². The molecule has 0 unspecified atom stereocenters. The molecule has 0 fully saturated rings. The van der Waals surface area contributed by atoms with Crippen LogP contribution in [0.5, 0.6) is 0 Å². The number of carbonyl (C=O) groups excluding carboxylic acids is 1. The molecular formula is C9H12N2O2. The third-order valence-electron chi connectivity index (χ3n) is 1.58. The van der Waals surface area contributed by atoms with Crippen LogP contribution >= 0.6 is 0 Å². The molecule has 2 N–H and O–H groups in total. The molecule has 0 bridgehead atoms. The predicted molar refractivity (Wildman–Crippen MR) is 49.7 cm³/mol. The molecule has 1 aromatic heterocycles. The van der Waals surface area contributed by atoms with Gasteiger partial charge in [-0.05, 0) is 12.5 Å². The number of aromatic amines is 1. The van der Waals surface area contributed by atoms with Gasteiger partial charge in [-0.1, -0.05) is 6.92 Å². The predicted octanol–water partition coefficient (Wildman–Crippen LogP) is 0.515.